The van der Waals surface area contributed by atoms with Gasteiger partial charge in [-0.05, 0) is 92.8 Å². The maximum absolute atomic E-state index is 4.91. The van der Waals surface area contributed by atoms with Gasteiger partial charge in [0.15, 0.2) is 0 Å². The van der Waals surface area contributed by atoms with Crippen LogP contribution in [0.5, 0.6) is 0 Å². The summed E-state index contributed by atoms with van der Waals surface area (Å²) in [6.07, 6.45) is 14.3. The van der Waals surface area contributed by atoms with Crippen LogP contribution in [0, 0.1) is 0 Å². The summed E-state index contributed by atoms with van der Waals surface area (Å²) >= 11 is 0. The number of aromatic nitrogens is 1. The molecular formula is C30H37N3. The fourth-order valence-corrected chi connectivity index (χ4v) is 4.15. The quantitative estimate of drug-likeness (QED) is 0.384. The number of nitrogens with zero attached hydrogens (tertiary/aromatic N) is 3. The summed E-state index contributed by atoms with van der Waals surface area (Å²) in [4.78, 5) is 11.2. The summed E-state index contributed by atoms with van der Waals surface area (Å²) < 4.78 is 0. The van der Waals surface area contributed by atoms with Crippen LogP contribution in [0.1, 0.15) is 68.9 Å². The minimum absolute atomic E-state index is 0.921. The van der Waals surface area contributed by atoms with Crippen LogP contribution >= 0.6 is 0 Å². The third kappa shape index (κ3) is 6.19. The summed E-state index contributed by atoms with van der Waals surface area (Å²) in [5, 5.41) is 0. The molecule has 1 aromatic carbocycles. The average molecular weight is 440 g/mol. The van der Waals surface area contributed by atoms with E-state index < -0.39 is 0 Å². The number of rotatable bonds is 9. The van der Waals surface area contributed by atoms with Gasteiger partial charge in [-0.25, -0.2) is 0 Å². The molecule has 1 aliphatic rings. The van der Waals surface area contributed by atoms with Crippen molar-refractivity contribution in [1.29, 1.82) is 0 Å². The van der Waals surface area contributed by atoms with Crippen LogP contribution < -0.4 is 0 Å². The lowest BCUT2D eigenvalue weighted by Crippen LogP contribution is -2.07. The van der Waals surface area contributed by atoms with Crippen molar-refractivity contribution in [3.63, 3.8) is 0 Å². The molecule has 0 atom stereocenters. The lowest BCUT2D eigenvalue weighted by molar-refractivity contribution is 0.568. The van der Waals surface area contributed by atoms with Gasteiger partial charge in [-0.1, -0.05) is 43.9 Å². The van der Waals surface area contributed by atoms with E-state index in [4.69, 9.17) is 4.99 Å². The van der Waals surface area contributed by atoms with E-state index in [1.54, 1.807) is 6.20 Å². The zero-order valence-electron chi connectivity index (χ0n) is 21.1. The van der Waals surface area contributed by atoms with Crippen molar-refractivity contribution in [2.45, 2.75) is 60.3 Å². The lowest BCUT2D eigenvalue weighted by atomic mass is 9.95. The topological polar surface area (TPSA) is 28.5 Å². The molecular weight excluding hydrogens is 402 g/mol. The SMILES string of the molecule is C=C(C)N(C)/C=C(\C)C1=Cc2c(CC/C(=C/C)N=C(C)c3cccnc3)cc(CC)cc2C1. The molecule has 1 heterocycles. The second-order valence-corrected chi connectivity index (χ2v) is 8.90. The van der Waals surface area contributed by atoms with Crippen molar-refractivity contribution in [2.24, 2.45) is 4.99 Å². The van der Waals surface area contributed by atoms with Gasteiger partial charge >= 0.3 is 0 Å². The van der Waals surface area contributed by atoms with Crippen LogP contribution in [0.3, 0.4) is 0 Å². The highest BCUT2D eigenvalue weighted by Gasteiger charge is 2.18. The molecule has 0 amide bonds. The number of aliphatic imine (C=N–C) groups is 1. The molecule has 1 aliphatic carbocycles. The highest BCUT2D eigenvalue weighted by Crippen LogP contribution is 2.34. The molecule has 0 saturated carbocycles. The van der Waals surface area contributed by atoms with Crippen LogP contribution in [0.25, 0.3) is 6.08 Å². The van der Waals surface area contributed by atoms with Crippen molar-refractivity contribution in [3.8, 4) is 0 Å². The van der Waals surface area contributed by atoms with E-state index in [1.807, 2.05) is 19.2 Å². The van der Waals surface area contributed by atoms with E-state index in [-0.39, 0.29) is 0 Å². The zero-order chi connectivity index (χ0) is 24.0. The van der Waals surface area contributed by atoms with Gasteiger partial charge in [0.05, 0.1) is 0 Å². The molecule has 0 aliphatic heterocycles. The Balaban J connectivity index is 1.84. The molecule has 3 nitrogen and oxygen atoms in total. The van der Waals surface area contributed by atoms with E-state index in [0.717, 1.165) is 48.4 Å². The van der Waals surface area contributed by atoms with Gasteiger partial charge in [-0.2, -0.15) is 0 Å². The predicted molar refractivity (Wildman–Crippen MR) is 142 cm³/mol. The van der Waals surface area contributed by atoms with Crippen molar-refractivity contribution in [3.05, 3.63) is 106 Å². The number of benzene rings is 1. The summed E-state index contributed by atoms with van der Waals surface area (Å²) in [6, 6.07) is 8.80. The highest BCUT2D eigenvalue weighted by atomic mass is 15.1. The number of aryl methyl sites for hydroxylation is 2. The van der Waals surface area contributed by atoms with E-state index in [0.29, 0.717) is 0 Å². The highest BCUT2D eigenvalue weighted by molar-refractivity contribution is 5.99. The number of hydrogen-bond donors (Lipinski definition) is 0. The molecule has 0 unspecified atom stereocenters. The number of allylic oxidation sites excluding steroid dienone is 5. The van der Waals surface area contributed by atoms with Crippen molar-refractivity contribution < 1.29 is 0 Å². The zero-order valence-corrected chi connectivity index (χ0v) is 21.1. The Kier molecular flexibility index (Phi) is 8.21. The van der Waals surface area contributed by atoms with E-state index in [9.17, 15) is 0 Å². The Morgan fingerprint density at radius 2 is 2.03 bits per heavy atom. The molecule has 2 aromatic rings. The van der Waals surface area contributed by atoms with Gasteiger partial charge in [0.2, 0.25) is 0 Å². The third-order valence-corrected chi connectivity index (χ3v) is 6.39. The van der Waals surface area contributed by atoms with E-state index in [1.165, 1.54) is 33.4 Å². The van der Waals surface area contributed by atoms with Crippen LogP contribution in [0.2, 0.25) is 0 Å². The van der Waals surface area contributed by atoms with E-state index in [2.05, 4.69) is 87.8 Å². The first-order valence-electron chi connectivity index (χ1n) is 11.9. The maximum atomic E-state index is 4.91. The van der Waals surface area contributed by atoms with Crippen molar-refractivity contribution in [1.82, 2.24) is 9.88 Å². The predicted octanol–water partition coefficient (Wildman–Crippen LogP) is 7.30. The summed E-state index contributed by atoms with van der Waals surface area (Å²) in [7, 11) is 2.06. The fourth-order valence-electron chi connectivity index (χ4n) is 4.15. The fraction of sp³-hybridized carbons (Fsp3) is 0.333. The Morgan fingerprint density at radius 1 is 1.24 bits per heavy atom. The molecule has 172 valence electrons. The molecule has 1 aromatic heterocycles. The normalized spacial score (nSPS) is 14.2. The third-order valence-electron chi connectivity index (χ3n) is 6.39. The van der Waals surface area contributed by atoms with Gasteiger partial charge in [0.1, 0.15) is 0 Å². The van der Waals surface area contributed by atoms with Crippen LogP contribution in [-0.2, 0) is 19.3 Å². The lowest BCUT2D eigenvalue weighted by Gasteiger charge is -2.15. The molecule has 0 bridgehead atoms. The second-order valence-electron chi connectivity index (χ2n) is 8.90. The summed E-state index contributed by atoms with van der Waals surface area (Å²) in [5.41, 5.74) is 12.6. The first-order chi connectivity index (χ1) is 15.8. The van der Waals surface area contributed by atoms with Gasteiger partial charge < -0.3 is 4.90 Å². The molecule has 0 saturated heterocycles. The van der Waals surface area contributed by atoms with Gasteiger partial charge in [-0.3, -0.25) is 9.98 Å². The maximum Gasteiger partial charge on any atom is 0.0463 e. The monoisotopic (exact) mass is 439 g/mol. The molecule has 0 spiro atoms. The first kappa shape index (κ1) is 24.4. The minimum atomic E-state index is 0.921. The molecule has 3 heteroatoms. The van der Waals surface area contributed by atoms with Gasteiger partial charge in [0, 0.05) is 48.3 Å². The Hall–Kier alpha value is -3.20. The Morgan fingerprint density at radius 3 is 2.67 bits per heavy atom. The molecule has 0 radical (unpaired) electrons. The van der Waals surface area contributed by atoms with Crippen molar-refractivity contribution >= 4 is 11.8 Å². The molecule has 33 heavy (non-hydrogen) atoms. The number of fused-ring (bicyclic) bond motifs is 1. The van der Waals surface area contributed by atoms with E-state index >= 15 is 0 Å². The van der Waals surface area contributed by atoms with Crippen LogP contribution in [0.4, 0.5) is 0 Å². The number of hydrogen-bond acceptors (Lipinski definition) is 3. The van der Waals surface area contributed by atoms with Gasteiger partial charge in [-0.15, -0.1) is 0 Å². The second kappa shape index (κ2) is 11.1. The standard InChI is InChI=1S/C30H37N3/c1-8-24-15-25(12-13-29(9-2)32-23(6)26-11-10-14-31-19-26)30-18-27(17-28(30)16-24)22(5)20-33(7)21(3)4/h9-11,14-16,18-20H,3,8,12-13,17H2,1-2,4-7H3/b22-20+,29-9-,32-23?. The van der Waals surface area contributed by atoms with Crippen LogP contribution in [-0.4, -0.2) is 22.6 Å². The summed E-state index contributed by atoms with van der Waals surface area (Å²) in [5.74, 6) is 0. The molecule has 0 fully saturated rings. The minimum Gasteiger partial charge on any atom is -0.355 e. The summed E-state index contributed by atoms with van der Waals surface area (Å²) in [6.45, 7) is 14.6. The van der Waals surface area contributed by atoms with Gasteiger partial charge in [0.25, 0.3) is 0 Å². The largest absolute Gasteiger partial charge is 0.355 e. The smallest absolute Gasteiger partial charge is 0.0463 e. The first-order valence-corrected chi connectivity index (χ1v) is 11.9. The molecule has 0 N–H and O–H groups in total. The van der Waals surface area contributed by atoms with Crippen LogP contribution in [0.15, 0.2) is 83.0 Å². The Bertz CT molecular complexity index is 1130. The Labute approximate surface area is 200 Å². The molecule has 3 rings (SSSR count). The number of pyridine rings is 1. The van der Waals surface area contributed by atoms with Crippen molar-refractivity contribution in [2.75, 3.05) is 7.05 Å². The average Bonchev–Trinajstić information content (AvgIpc) is 3.26.